The van der Waals surface area contributed by atoms with Gasteiger partial charge < -0.3 is 4.57 Å². The third kappa shape index (κ3) is 4.00. The molecular weight excluding hydrogens is 350 g/mol. The van der Waals surface area contributed by atoms with Crippen LogP contribution in [0.3, 0.4) is 0 Å². The summed E-state index contributed by atoms with van der Waals surface area (Å²) in [5.41, 5.74) is 7.92. The number of fused-ring (bicyclic) bond motifs is 1. The zero-order valence-electron chi connectivity index (χ0n) is 18.2. The number of rotatable bonds is 4. The van der Waals surface area contributed by atoms with Crippen molar-refractivity contribution >= 4 is 10.9 Å². The summed E-state index contributed by atoms with van der Waals surface area (Å²) in [5.74, 6) is 0.632. The molecule has 1 heteroatoms. The maximum Gasteiger partial charge on any atom is 0.0540 e. The van der Waals surface area contributed by atoms with Crippen molar-refractivity contribution in [2.24, 2.45) is 5.92 Å². The quantitative estimate of drug-likeness (QED) is 0.340. The summed E-state index contributed by atoms with van der Waals surface area (Å²) in [7, 11) is 0. The monoisotopic (exact) mass is 381 g/mol. The van der Waals surface area contributed by atoms with Gasteiger partial charge in [0.15, 0.2) is 0 Å². The Labute approximate surface area is 175 Å². The van der Waals surface area contributed by atoms with Crippen LogP contribution in [0.5, 0.6) is 0 Å². The largest absolute Gasteiger partial charge is 0.309 e. The number of para-hydroxylation sites is 1. The Morgan fingerprint density at radius 3 is 2.17 bits per heavy atom. The van der Waals surface area contributed by atoms with Gasteiger partial charge in [-0.2, -0.15) is 0 Å². The maximum atomic E-state index is 2.43. The van der Waals surface area contributed by atoms with Crippen LogP contribution in [0.2, 0.25) is 0 Å². The van der Waals surface area contributed by atoms with Crippen molar-refractivity contribution in [2.45, 2.75) is 46.5 Å². The molecule has 0 atom stereocenters. The molecule has 0 amide bonds. The second-order valence-corrected chi connectivity index (χ2v) is 9.53. The Hall–Kier alpha value is -2.80. The van der Waals surface area contributed by atoms with Gasteiger partial charge in [-0.15, -0.1) is 0 Å². The Kier molecular flexibility index (Phi) is 5.08. The van der Waals surface area contributed by atoms with E-state index in [4.69, 9.17) is 0 Å². The molecule has 4 rings (SSSR count). The summed E-state index contributed by atoms with van der Waals surface area (Å²) in [5, 5.41) is 1.28. The predicted octanol–water partition coefficient (Wildman–Crippen LogP) is 7.79. The Balaban J connectivity index is 2.01. The molecule has 0 aliphatic heterocycles. The second kappa shape index (κ2) is 7.55. The second-order valence-electron chi connectivity index (χ2n) is 9.53. The molecule has 1 heterocycles. The molecule has 0 spiro atoms. The summed E-state index contributed by atoms with van der Waals surface area (Å²) in [6.45, 7) is 11.5. The van der Waals surface area contributed by atoms with E-state index >= 15 is 0 Å². The van der Waals surface area contributed by atoms with Gasteiger partial charge in [0, 0.05) is 11.1 Å². The van der Waals surface area contributed by atoms with Crippen LogP contribution in [0.15, 0.2) is 78.9 Å². The first-order chi connectivity index (χ1) is 13.8. The van der Waals surface area contributed by atoms with Gasteiger partial charge in [0.1, 0.15) is 0 Å². The van der Waals surface area contributed by atoms with E-state index in [-0.39, 0.29) is 5.41 Å². The van der Waals surface area contributed by atoms with Crippen molar-refractivity contribution in [3.8, 4) is 16.9 Å². The van der Waals surface area contributed by atoms with Crippen molar-refractivity contribution < 1.29 is 0 Å². The Bertz CT molecular complexity index is 1120. The molecule has 0 saturated heterocycles. The summed E-state index contributed by atoms with van der Waals surface area (Å²) in [6.07, 6.45) is 1.09. The summed E-state index contributed by atoms with van der Waals surface area (Å²) in [6, 6.07) is 28.9. The van der Waals surface area contributed by atoms with Crippen LogP contribution in [-0.2, 0) is 11.8 Å². The minimum atomic E-state index is 0.109. The van der Waals surface area contributed by atoms with Crippen LogP contribution in [0, 0.1) is 5.92 Å². The molecule has 0 N–H and O–H groups in total. The van der Waals surface area contributed by atoms with Crippen LogP contribution >= 0.6 is 0 Å². The molecule has 0 radical (unpaired) electrons. The van der Waals surface area contributed by atoms with Gasteiger partial charge >= 0.3 is 0 Å². The first-order valence-corrected chi connectivity index (χ1v) is 10.6. The smallest absolute Gasteiger partial charge is 0.0540 e. The fraction of sp³-hybridized carbons (Fsp3) is 0.286. The molecule has 3 aromatic carbocycles. The minimum absolute atomic E-state index is 0.109. The Morgan fingerprint density at radius 2 is 1.48 bits per heavy atom. The van der Waals surface area contributed by atoms with E-state index in [2.05, 4.69) is 118 Å². The lowest BCUT2D eigenvalue weighted by Crippen LogP contribution is -2.13. The molecule has 0 aliphatic rings. The highest BCUT2D eigenvalue weighted by Crippen LogP contribution is 2.34. The predicted molar refractivity (Wildman–Crippen MR) is 126 cm³/mol. The zero-order valence-corrected chi connectivity index (χ0v) is 18.2. The maximum absolute atomic E-state index is 2.43. The van der Waals surface area contributed by atoms with E-state index in [0.717, 1.165) is 6.42 Å². The highest BCUT2D eigenvalue weighted by Gasteiger charge is 2.19. The lowest BCUT2D eigenvalue weighted by atomic mass is 9.85. The van der Waals surface area contributed by atoms with E-state index < -0.39 is 0 Å². The Morgan fingerprint density at radius 1 is 0.793 bits per heavy atom. The van der Waals surface area contributed by atoms with E-state index in [0.29, 0.717) is 5.92 Å². The minimum Gasteiger partial charge on any atom is -0.309 e. The van der Waals surface area contributed by atoms with Gasteiger partial charge in [0.2, 0.25) is 0 Å². The van der Waals surface area contributed by atoms with Gasteiger partial charge in [-0.1, -0.05) is 89.2 Å². The molecule has 29 heavy (non-hydrogen) atoms. The summed E-state index contributed by atoms with van der Waals surface area (Å²) < 4.78 is 2.43. The SMILES string of the molecule is CC(C)Cc1cc(-n2c(-c3ccccc3)cc3ccccc32)cc(C(C)(C)C)c1. The molecule has 148 valence electrons. The number of nitrogens with zero attached hydrogens (tertiary/aromatic N) is 1. The van der Waals surface area contributed by atoms with Crippen LogP contribution < -0.4 is 0 Å². The average molecular weight is 382 g/mol. The van der Waals surface area contributed by atoms with E-state index in [1.54, 1.807) is 0 Å². The molecule has 1 aromatic heterocycles. The van der Waals surface area contributed by atoms with Crippen molar-refractivity contribution in [3.63, 3.8) is 0 Å². The third-order valence-corrected chi connectivity index (χ3v) is 5.53. The number of aromatic nitrogens is 1. The van der Waals surface area contributed by atoms with Gasteiger partial charge in [-0.25, -0.2) is 0 Å². The molecule has 0 bridgehead atoms. The first-order valence-electron chi connectivity index (χ1n) is 10.6. The topological polar surface area (TPSA) is 4.93 Å². The third-order valence-electron chi connectivity index (χ3n) is 5.53. The molecule has 0 saturated carbocycles. The highest BCUT2D eigenvalue weighted by molar-refractivity contribution is 5.89. The van der Waals surface area contributed by atoms with E-state index in [1.807, 2.05) is 0 Å². The van der Waals surface area contributed by atoms with Crippen molar-refractivity contribution in [3.05, 3.63) is 90.0 Å². The van der Waals surface area contributed by atoms with Gasteiger partial charge in [-0.3, -0.25) is 0 Å². The standard InChI is InChI=1S/C28H31N/c1-20(2)15-21-16-24(28(3,4)5)19-25(17-21)29-26-14-10-9-13-23(26)18-27(29)22-11-7-6-8-12-22/h6-14,16-20H,15H2,1-5H3. The molecule has 0 aliphatic carbocycles. The van der Waals surface area contributed by atoms with Gasteiger partial charge in [-0.05, 0) is 58.7 Å². The molecule has 0 fully saturated rings. The molecule has 0 unspecified atom stereocenters. The van der Waals surface area contributed by atoms with Crippen LogP contribution in [0.25, 0.3) is 27.8 Å². The van der Waals surface area contributed by atoms with Crippen molar-refractivity contribution in [1.82, 2.24) is 4.57 Å². The van der Waals surface area contributed by atoms with Crippen molar-refractivity contribution in [2.75, 3.05) is 0 Å². The van der Waals surface area contributed by atoms with Crippen LogP contribution in [0.4, 0.5) is 0 Å². The number of benzene rings is 3. The summed E-state index contributed by atoms with van der Waals surface area (Å²) in [4.78, 5) is 0. The molecule has 4 aromatic rings. The van der Waals surface area contributed by atoms with Gasteiger partial charge in [0.25, 0.3) is 0 Å². The van der Waals surface area contributed by atoms with Crippen LogP contribution in [-0.4, -0.2) is 4.57 Å². The summed E-state index contributed by atoms with van der Waals surface area (Å²) >= 11 is 0. The lowest BCUT2D eigenvalue weighted by Gasteiger charge is -2.23. The highest BCUT2D eigenvalue weighted by atomic mass is 15.0. The zero-order chi connectivity index (χ0) is 20.6. The molecule has 1 nitrogen and oxygen atoms in total. The number of hydrogen-bond acceptors (Lipinski definition) is 0. The average Bonchev–Trinajstić information content (AvgIpc) is 3.07. The van der Waals surface area contributed by atoms with Crippen molar-refractivity contribution in [1.29, 1.82) is 0 Å². The van der Waals surface area contributed by atoms with Crippen LogP contribution in [0.1, 0.15) is 45.7 Å². The first kappa shape index (κ1) is 19.5. The molecular formula is C28H31N. The number of hydrogen-bond donors (Lipinski definition) is 0. The fourth-order valence-electron chi connectivity index (χ4n) is 4.08. The van der Waals surface area contributed by atoms with Gasteiger partial charge in [0.05, 0.1) is 11.2 Å². The van der Waals surface area contributed by atoms with E-state index in [1.165, 1.54) is 39.0 Å². The fourth-order valence-corrected chi connectivity index (χ4v) is 4.08. The van der Waals surface area contributed by atoms with E-state index in [9.17, 15) is 0 Å². The normalized spacial score (nSPS) is 12.1. The lowest BCUT2D eigenvalue weighted by molar-refractivity contribution is 0.585.